The highest BCUT2D eigenvalue weighted by molar-refractivity contribution is 5.18. The van der Waals surface area contributed by atoms with Gasteiger partial charge in [-0.15, -0.1) is 0 Å². The molecule has 154 valence electrons. The Labute approximate surface area is 165 Å². The summed E-state index contributed by atoms with van der Waals surface area (Å²) in [5.74, 6) is -0.591. The summed E-state index contributed by atoms with van der Waals surface area (Å²) in [6.45, 7) is 6.17. The van der Waals surface area contributed by atoms with E-state index in [1.165, 1.54) is 12.1 Å². The van der Waals surface area contributed by atoms with Gasteiger partial charge in [0, 0.05) is 63.7 Å². The minimum Gasteiger partial charge on any atom is -0.396 e. The predicted molar refractivity (Wildman–Crippen MR) is 105 cm³/mol. The van der Waals surface area contributed by atoms with Crippen molar-refractivity contribution >= 4 is 0 Å². The number of aliphatic hydroxyl groups excluding tert-OH is 1. The summed E-state index contributed by atoms with van der Waals surface area (Å²) in [5.41, 5.74) is 1.87. The number of aromatic amines is 1. The first-order valence-electron chi connectivity index (χ1n) is 10.1. The summed E-state index contributed by atoms with van der Waals surface area (Å²) in [7, 11) is 0. The number of unbranched alkanes of at least 4 members (excludes halogenated alkanes) is 1. The van der Waals surface area contributed by atoms with Gasteiger partial charge >= 0.3 is 0 Å². The van der Waals surface area contributed by atoms with Crippen molar-refractivity contribution in [2.24, 2.45) is 0 Å². The highest BCUT2D eigenvalue weighted by Gasteiger charge is 2.27. The number of benzene rings is 1. The fraction of sp³-hybridized carbons (Fsp3) is 0.571. The van der Waals surface area contributed by atoms with Gasteiger partial charge in [-0.1, -0.05) is 19.4 Å². The summed E-state index contributed by atoms with van der Waals surface area (Å²) in [6, 6.07) is 4.24. The summed E-state index contributed by atoms with van der Waals surface area (Å²) in [6.07, 6.45) is 5.84. The minimum atomic E-state index is -0.821. The molecule has 7 heteroatoms. The monoisotopic (exact) mass is 392 g/mol. The third-order valence-electron chi connectivity index (χ3n) is 5.36. The van der Waals surface area contributed by atoms with Crippen LogP contribution in [-0.4, -0.2) is 57.2 Å². The highest BCUT2D eigenvalue weighted by Crippen LogP contribution is 2.19. The maximum Gasteiger partial charge on any atom is 0.159 e. The zero-order valence-electron chi connectivity index (χ0n) is 16.5. The van der Waals surface area contributed by atoms with Crippen LogP contribution < -0.4 is 0 Å². The summed E-state index contributed by atoms with van der Waals surface area (Å²) < 4.78 is 26.7. The molecule has 0 saturated carbocycles. The van der Waals surface area contributed by atoms with Crippen LogP contribution in [0.1, 0.15) is 43.3 Å². The Balaban J connectivity index is 1.58. The lowest BCUT2D eigenvalue weighted by Gasteiger charge is -2.41. The van der Waals surface area contributed by atoms with Crippen molar-refractivity contribution in [1.29, 1.82) is 0 Å². The molecule has 1 saturated heterocycles. The van der Waals surface area contributed by atoms with Crippen LogP contribution in [0.5, 0.6) is 0 Å². The minimum absolute atomic E-state index is 0.109. The van der Waals surface area contributed by atoms with Gasteiger partial charge < -0.3 is 10.1 Å². The zero-order valence-corrected chi connectivity index (χ0v) is 16.5. The van der Waals surface area contributed by atoms with Gasteiger partial charge in [-0.05, 0) is 30.5 Å². The molecule has 1 aromatic heterocycles. The molecular formula is C21H30F2N4O. The molecule has 0 aliphatic carbocycles. The van der Waals surface area contributed by atoms with Crippen molar-refractivity contribution in [2.75, 3.05) is 26.2 Å². The van der Waals surface area contributed by atoms with E-state index in [-0.39, 0.29) is 12.6 Å². The van der Waals surface area contributed by atoms with E-state index in [2.05, 4.69) is 26.7 Å². The molecule has 2 aromatic rings. The summed E-state index contributed by atoms with van der Waals surface area (Å²) in [5, 5.41) is 9.47. The Morgan fingerprint density at radius 2 is 2.07 bits per heavy atom. The molecule has 5 nitrogen and oxygen atoms in total. The topological polar surface area (TPSA) is 55.4 Å². The molecule has 0 bridgehead atoms. The Kier molecular flexibility index (Phi) is 7.53. The highest BCUT2D eigenvalue weighted by atomic mass is 19.2. The molecule has 0 amide bonds. The lowest BCUT2D eigenvalue weighted by Crippen LogP contribution is -2.52. The van der Waals surface area contributed by atoms with Crippen molar-refractivity contribution in [3.8, 4) is 0 Å². The lowest BCUT2D eigenvalue weighted by atomic mass is 10.1. The van der Waals surface area contributed by atoms with Gasteiger partial charge in [0.15, 0.2) is 11.6 Å². The average Bonchev–Trinajstić information content (AvgIpc) is 3.12. The Morgan fingerprint density at radius 1 is 1.21 bits per heavy atom. The Morgan fingerprint density at radius 3 is 2.82 bits per heavy atom. The molecule has 1 fully saturated rings. The van der Waals surface area contributed by atoms with E-state index in [1.807, 2.05) is 6.20 Å². The number of hydrogen-bond donors (Lipinski definition) is 2. The van der Waals surface area contributed by atoms with E-state index < -0.39 is 11.6 Å². The third-order valence-corrected chi connectivity index (χ3v) is 5.36. The number of aryl methyl sites for hydroxylation is 1. The average molecular weight is 392 g/mol. The van der Waals surface area contributed by atoms with E-state index in [0.717, 1.165) is 62.5 Å². The molecule has 2 heterocycles. The number of imidazole rings is 1. The first-order valence-corrected chi connectivity index (χ1v) is 10.1. The van der Waals surface area contributed by atoms with Crippen LogP contribution in [0, 0.1) is 11.6 Å². The smallest absolute Gasteiger partial charge is 0.159 e. The van der Waals surface area contributed by atoms with Gasteiger partial charge in [0.05, 0.1) is 0 Å². The van der Waals surface area contributed by atoms with Crippen LogP contribution in [0.2, 0.25) is 0 Å². The number of aliphatic hydroxyl groups is 1. The van der Waals surface area contributed by atoms with E-state index >= 15 is 0 Å². The number of piperazine rings is 1. The Hall–Kier alpha value is -1.83. The third kappa shape index (κ3) is 5.59. The van der Waals surface area contributed by atoms with Gasteiger partial charge in [-0.2, -0.15) is 0 Å². The molecule has 1 unspecified atom stereocenters. The molecule has 1 aromatic carbocycles. The number of H-pyrrole nitrogens is 1. The van der Waals surface area contributed by atoms with Crippen LogP contribution in [-0.2, 0) is 19.5 Å². The van der Waals surface area contributed by atoms with Crippen molar-refractivity contribution < 1.29 is 13.9 Å². The fourth-order valence-corrected chi connectivity index (χ4v) is 3.80. The number of aromatic nitrogens is 2. The van der Waals surface area contributed by atoms with E-state index in [9.17, 15) is 13.9 Å². The number of rotatable bonds is 9. The van der Waals surface area contributed by atoms with Gasteiger partial charge in [0.1, 0.15) is 5.82 Å². The summed E-state index contributed by atoms with van der Waals surface area (Å²) >= 11 is 0. The SMILES string of the molecule is CCCCc1ncc(CN2CCN(Cc3ccc(F)c(F)c3)C(CCO)C2)[nH]1. The van der Waals surface area contributed by atoms with Gasteiger partial charge in [0.2, 0.25) is 0 Å². The number of halogens is 2. The second-order valence-corrected chi connectivity index (χ2v) is 7.58. The molecule has 2 N–H and O–H groups in total. The van der Waals surface area contributed by atoms with E-state index in [1.54, 1.807) is 6.07 Å². The van der Waals surface area contributed by atoms with Crippen LogP contribution in [0.3, 0.4) is 0 Å². The normalized spacial score (nSPS) is 18.6. The number of hydrogen-bond acceptors (Lipinski definition) is 4. The van der Waals surface area contributed by atoms with E-state index in [0.29, 0.717) is 13.0 Å². The van der Waals surface area contributed by atoms with Crippen LogP contribution in [0.4, 0.5) is 8.78 Å². The first-order chi connectivity index (χ1) is 13.6. The molecule has 0 spiro atoms. The Bertz CT molecular complexity index is 752. The fourth-order valence-electron chi connectivity index (χ4n) is 3.80. The van der Waals surface area contributed by atoms with Gasteiger partial charge in [0.25, 0.3) is 0 Å². The molecular weight excluding hydrogens is 362 g/mol. The predicted octanol–water partition coefficient (Wildman–Crippen LogP) is 3.10. The second-order valence-electron chi connectivity index (χ2n) is 7.58. The molecule has 28 heavy (non-hydrogen) atoms. The molecule has 0 radical (unpaired) electrons. The maximum absolute atomic E-state index is 13.5. The first kappa shape index (κ1) is 20.9. The largest absolute Gasteiger partial charge is 0.396 e. The molecule has 1 aliphatic heterocycles. The second kappa shape index (κ2) is 10.1. The quantitative estimate of drug-likeness (QED) is 0.689. The maximum atomic E-state index is 13.5. The molecule has 3 rings (SSSR count). The molecule has 1 atom stereocenters. The van der Waals surface area contributed by atoms with Crippen LogP contribution in [0.25, 0.3) is 0 Å². The van der Waals surface area contributed by atoms with Gasteiger partial charge in [-0.3, -0.25) is 9.80 Å². The van der Waals surface area contributed by atoms with Crippen molar-refractivity contribution in [3.63, 3.8) is 0 Å². The molecule has 1 aliphatic rings. The summed E-state index contributed by atoms with van der Waals surface area (Å²) in [4.78, 5) is 12.5. The van der Waals surface area contributed by atoms with Crippen LogP contribution >= 0.6 is 0 Å². The zero-order chi connectivity index (χ0) is 19.9. The standard InChI is InChI=1S/C21H30F2N4O/c1-2-3-4-21-24-12-17(25-21)14-26-8-9-27(18(15-26)7-10-28)13-16-5-6-19(22)20(23)11-16/h5-6,11-12,18,28H,2-4,7-10,13-15H2,1H3,(H,24,25). The van der Waals surface area contributed by atoms with Crippen molar-refractivity contribution in [1.82, 2.24) is 19.8 Å². The number of nitrogens with one attached hydrogen (secondary N) is 1. The number of nitrogens with zero attached hydrogens (tertiary/aromatic N) is 3. The van der Waals surface area contributed by atoms with E-state index in [4.69, 9.17) is 0 Å². The van der Waals surface area contributed by atoms with Crippen molar-refractivity contribution in [3.05, 3.63) is 53.1 Å². The van der Waals surface area contributed by atoms with Crippen LogP contribution in [0.15, 0.2) is 24.4 Å². The van der Waals surface area contributed by atoms with Gasteiger partial charge in [-0.25, -0.2) is 13.8 Å². The lowest BCUT2D eigenvalue weighted by molar-refractivity contribution is 0.0493. The van der Waals surface area contributed by atoms with Crippen molar-refractivity contribution in [2.45, 2.75) is 51.7 Å².